The molecule has 4 nitrogen and oxygen atoms in total. The van der Waals surface area contributed by atoms with Crippen LogP contribution in [0.5, 0.6) is 0 Å². The highest BCUT2D eigenvalue weighted by Crippen LogP contribution is 2.62. The van der Waals surface area contributed by atoms with Crippen LogP contribution in [0.15, 0.2) is 84.9 Å². The summed E-state index contributed by atoms with van der Waals surface area (Å²) < 4.78 is 0. The lowest BCUT2D eigenvalue weighted by Crippen LogP contribution is -2.58. The fourth-order valence-corrected chi connectivity index (χ4v) is 5.10. The summed E-state index contributed by atoms with van der Waals surface area (Å²) in [6.07, 6.45) is 0.514. The molecular formula is C24H20N2O2. The Labute approximate surface area is 163 Å². The molecule has 3 aromatic carbocycles. The van der Waals surface area contributed by atoms with E-state index in [4.69, 9.17) is 0 Å². The molecule has 1 saturated heterocycles. The minimum Gasteiger partial charge on any atom is -0.321 e. The molecule has 3 aromatic rings. The molecule has 0 saturated carbocycles. The smallest absolute Gasteiger partial charge is 0.290 e. The van der Waals surface area contributed by atoms with Crippen molar-refractivity contribution in [1.82, 2.24) is 5.32 Å². The predicted octanol–water partition coefficient (Wildman–Crippen LogP) is 4.04. The van der Waals surface area contributed by atoms with Gasteiger partial charge in [0.25, 0.3) is 5.91 Å². The molecule has 1 N–H and O–H groups in total. The lowest BCUT2D eigenvalue weighted by Gasteiger charge is -2.44. The molecule has 0 aromatic heterocycles. The van der Waals surface area contributed by atoms with E-state index in [0.717, 1.165) is 22.5 Å². The van der Waals surface area contributed by atoms with Gasteiger partial charge in [-0.15, -0.1) is 0 Å². The van der Waals surface area contributed by atoms with Crippen LogP contribution in [0.1, 0.15) is 24.5 Å². The molecule has 1 fully saturated rings. The summed E-state index contributed by atoms with van der Waals surface area (Å²) in [4.78, 5) is 28.4. The van der Waals surface area contributed by atoms with E-state index in [9.17, 15) is 9.59 Å². The average molecular weight is 368 g/mol. The number of benzene rings is 3. The number of amides is 1. The number of para-hydroxylation sites is 2. The number of nitrogens with zero attached hydrogens (tertiary/aromatic N) is 1. The molecule has 2 atom stereocenters. The maximum Gasteiger partial charge on any atom is 0.290 e. The minimum atomic E-state index is -0.998. The summed E-state index contributed by atoms with van der Waals surface area (Å²) in [6.45, 7) is 1.99. The van der Waals surface area contributed by atoms with E-state index in [1.807, 2.05) is 91.9 Å². The largest absolute Gasteiger partial charge is 0.321 e. The maximum absolute atomic E-state index is 13.4. The van der Waals surface area contributed by atoms with Crippen molar-refractivity contribution < 1.29 is 9.59 Å². The summed E-state index contributed by atoms with van der Waals surface area (Å²) in [7, 11) is 0. The van der Waals surface area contributed by atoms with Crippen LogP contribution >= 0.6 is 0 Å². The zero-order valence-corrected chi connectivity index (χ0v) is 15.6. The highest BCUT2D eigenvalue weighted by atomic mass is 16.2. The number of carbonyl (C=O) groups excluding carboxylic acids is 2. The van der Waals surface area contributed by atoms with Gasteiger partial charge in [-0.1, -0.05) is 73.7 Å². The van der Waals surface area contributed by atoms with Gasteiger partial charge in [0.1, 0.15) is 5.41 Å². The van der Waals surface area contributed by atoms with E-state index < -0.39 is 17.0 Å². The number of fused-ring (bicyclic) bond motifs is 3. The van der Waals surface area contributed by atoms with Crippen LogP contribution in [0.3, 0.4) is 0 Å². The number of hydrogen-bond acceptors (Lipinski definition) is 3. The van der Waals surface area contributed by atoms with Crippen molar-refractivity contribution in [2.75, 3.05) is 4.90 Å². The second-order valence-electron chi connectivity index (χ2n) is 7.31. The first-order valence-electron chi connectivity index (χ1n) is 9.54. The number of ketones is 1. The predicted molar refractivity (Wildman–Crippen MR) is 108 cm³/mol. The Bertz CT molecular complexity index is 1080. The summed E-state index contributed by atoms with van der Waals surface area (Å²) in [6, 6.07) is 27.7. The van der Waals surface area contributed by atoms with E-state index in [2.05, 4.69) is 10.2 Å². The number of rotatable bonds is 3. The molecule has 2 heterocycles. The number of Topliss-reactive ketones (excluding diaryl/α,β-unsaturated/α-hetero) is 1. The Hall–Kier alpha value is -3.40. The first-order chi connectivity index (χ1) is 13.7. The maximum atomic E-state index is 13.4. The Kier molecular flexibility index (Phi) is 3.47. The monoisotopic (exact) mass is 368 g/mol. The number of anilines is 2. The molecule has 0 radical (unpaired) electrons. The summed E-state index contributed by atoms with van der Waals surface area (Å²) in [5.41, 5.74) is 1.70. The lowest BCUT2D eigenvalue weighted by atomic mass is 9.67. The van der Waals surface area contributed by atoms with Crippen LogP contribution in [-0.2, 0) is 20.7 Å². The van der Waals surface area contributed by atoms with Gasteiger partial charge in [-0.25, -0.2) is 0 Å². The summed E-state index contributed by atoms with van der Waals surface area (Å²) in [5, 5.41) is 3.12. The van der Waals surface area contributed by atoms with Gasteiger partial charge in [-0.05, 0) is 35.7 Å². The second-order valence-corrected chi connectivity index (χ2v) is 7.31. The van der Waals surface area contributed by atoms with Crippen molar-refractivity contribution >= 4 is 23.1 Å². The molecule has 1 amide bonds. The summed E-state index contributed by atoms with van der Waals surface area (Å²) in [5.74, 6) is -0.897. The van der Waals surface area contributed by atoms with Crippen molar-refractivity contribution in [2.45, 2.75) is 24.4 Å². The van der Waals surface area contributed by atoms with Gasteiger partial charge in [0.05, 0.1) is 0 Å². The van der Waals surface area contributed by atoms with Gasteiger partial charge in [0, 0.05) is 11.4 Å². The third-order valence-electron chi connectivity index (χ3n) is 6.18. The van der Waals surface area contributed by atoms with Crippen molar-refractivity contribution in [3.8, 4) is 0 Å². The molecule has 0 unspecified atom stereocenters. The van der Waals surface area contributed by atoms with Gasteiger partial charge >= 0.3 is 0 Å². The first-order valence-corrected chi connectivity index (χ1v) is 9.54. The van der Waals surface area contributed by atoms with Gasteiger partial charge in [0.15, 0.2) is 5.66 Å². The van der Waals surface area contributed by atoms with Crippen molar-refractivity contribution in [2.24, 2.45) is 0 Å². The topological polar surface area (TPSA) is 49.4 Å². The van der Waals surface area contributed by atoms with Crippen molar-refractivity contribution in [3.05, 3.63) is 96.1 Å². The third-order valence-corrected chi connectivity index (χ3v) is 6.18. The van der Waals surface area contributed by atoms with Gasteiger partial charge < -0.3 is 10.2 Å². The Morgan fingerprint density at radius 1 is 0.821 bits per heavy atom. The normalized spacial score (nSPS) is 25.4. The Morgan fingerprint density at radius 3 is 2.11 bits per heavy atom. The van der Waals surface area contributed by atoms with Gasteiger partial charge in [-0.3, -0.25) is 9.59 Å². The average Bonchev–Trinajstić information content (AvgIpc) is 3.14. The lowest BCUT2D eigenvalue weighted by molar-refractivity contribution is -0.137. The zero-order valence-electron chi connectivity index (χ0n) is 15.6. The van der Waals surface area contributed by atoms with E-state index in [1.54, 1.807) is 0 Å². The second kappa shape index (κ2) is 5.80. The van der Waals surface area contributed by atoms with Crippen LogP contribution < -0.4 is 10.2 Å². The molecule has 0 bridgehead atoms. The van der Waals surface area contributed by atoms with Crippen molar-refractivity contribution in [3.63, 3.8) is 0 Å². The van der Waals surface area contributed by atoms with E-state index in [1.165, 1.54) is 0 Å². The molecule has 2 aliphatic heterocycles. The molecular weight excluding hydrogens is 348 g/mol. The van der Waals surface area contributed by atoms with Gasteiger partial charge in [-0.2, -0.15) is 0 Å². The van der Waals surface area contributed by atoms with Crippen LogP contribution in [0.25, 0.3) is 0 Å². The molecule has 0 spiro atoms. The Balaban J connectivity index is 1.94. The fourth-order valence-electron chi connectivity index (χ4n) is 5.10. The highest BCUT2D eigenvalue weighted by Gasteiger charge is 2.72. The first kappa shape index (κ1) is 16.8. The van der Waals surface area contributed by atoms with E-state index >= 15 is 0 Å². The third kappa shape index (κ3) is 1.80. The zero-order chi connectivity index (χ0) is 19.4. The highest BCUT2D eigenvalue weighted by molar-refractivity contribution is 6.43. The van der Waals surface area contributed by atoms with Gasteiger partial charge in [0.2, 0.25) is 5.78 Å². The molecule has 138 valence electrons. The number of carbonyl (C=O) groups is 2. The fraction of sp³-hybridized carbons (Fsp3) is 0.167. The molecule has 5 rings (SSSR count). The van der Waals surface area contributed by atoms with Crippen LogP contribution in [0, 0.1) is 0 Å². The van der Waals surface area contributed by atoms with E-state index in [-0.39, 0.29) is 5.78 Å². The van der Waals surface area contributed by atoms with Crippen LogP contribution in [-0.4, -0.2) is 11.7 Å². The van der Waals surface area contributed by atoms with Crippen molar-refractivity contribution in [1.29, 1.82) is 0 Å². The molecule has 2 aliphatic rings. The summed E-state index contributed by atoms with van der Waals surface area (Å²) >= 11 is 0. The van der Waals surface area contributed by atoms with Crippen LogP contribution in [0.4, 0.5) is 11.4 Å². The molecule has 4 heteroatoms. The standard InChI is InChI=1S/C24H20N2O2/c1-2-23-19-15-9-10-16-20(19)26(18-13-7-4-8-14-18)24(23,25-22(28)21(23)27)17-11-5-3-6-12-17/h3-16H,2H2,1H3,(H,25,28)/t23-,24-/m1/s1. The quantitative estimate of drug-likeness (QED) is 0.710. The van der Waals surface area contributed by atoms with Crippen LogP contribution in [0.2, 0.25) is 0 Å². The number of nitrogens with one attached hydrogen (secondary N) is 1. The molecule has 28 heavy (non-hydrogen) atoms. The Morgan fingerprint density at radius 2 is 1.43 bits per heavy atom. The van der Waals surface area contributed by atoms with E-state index in [0.29, 0.717) is 6.42 Å². The SMILES string of the molecule is CC[C@@]12C(=O)C(=O)N[C@]1(c1ccccc1)N(c1ccccc1)c1ccccc12. The number of hydrogen-bond donors (Lipinski definition) is 1. The minimum absolute atomic E-state index is 0.371. The molecule has 0 aliphatic carbocycles.